The highest BCUT2D eigenvalue weighted by Crippen LogP contribution is 2.26. The van der Waals surface area contributed by atoms with E-state index in [0.29, 0.717) is 11.3 Å². The molecule has 0 aromatic carbocycles. The van der Waals surface area contributed by atoms with Crippen LogP contribution in [0.4, 0.5) is 13.2 Å². The third-order valence-electron chi connectivity index (χ3n) is 2.17. The van der Waals surface area contributed by atoms with Crippen molar-refractivity contribution >= 4 is 11.6 Å². The molecule has 0 spiro atoms. The molecule has 0 atom stereocenters. The van der Waals surface area contributed by atoms with Gasteiger partial charge in [0, 0.05) is 17.4 Å². The summed E-state index contributed by atoms with van der Waals surface area (Å²) < 4.78 is 40.9. The number of ether oxygens (including phenoxy) is 1. The fourth-order valence-corrected chi connectivity index (χ4v) is 1.40. The zero-order valence-corrected chi connectivity index (χ0v) is 11.2. The Morgan fingerprint density at radius 1 is 1.22 bits per heavy atom. The summed E-state index contributed by atoms with van der Waals surface area (Å²) in [5.41, 5.74) is 1.06. The third-order valence-corrected chi connectivity index (χ3v) is 2.48. The third kappa shape index (κ3) is 4.72. The smallest absolute Gasteiger partial charge is 0.422 e. The zero-order valence-electron chi connectivity index (χ0n) is 10.4. The molecule has 102 valence electrons. The summed E-state index contributed by atoms with van der Waals surface area (Å²) in [5, 5.41) is 0. The van der Waals surface area contributed by atoms with E-state index in [1.807, 2.05) is 20.8 Å². The summed E-state index contributed by atoms with van der Waals surface area (Å²) in [6, 6.07) is 3.20. The lowest BCUT2D eigenvalue weighted by molar-refractivity contribution is -0.154. The van der Waals surface area contributed by atoms with Crippen LogP contribution in [-0.4, -0.2) is 17.8 Å². The Kier molecular flexibility index (Phi) is 4.48. The van der Waals surface area contributed by atoms with Gasteiger partial charge in [-0.3, -0.25) is 0 Å². The summed E-state index contributed by atoms with van der Waals surface area (Å²) >= 11 is 5.71. The largest absolute Gasteiger partial charge is 0.468 e. The molecule has 0 unspecified atom stereocenters. The van der Waals surface area contributed by atoms with Crippen LogP contribution in [0.5, 0.6) is 5.88 Å². The van der Waals surface area contributed by atoms with Gasteiger partial charge in [-0.1, -0.05) is 20.8 Å². The van der Waals surface area contributed by atoms with E-state index in [2.05, 4.69) is 9.72 Å². The summed E-state index contributed by atoms with van der Waals surface area (Å²) in [6.45, 7) is 4.40. The molecule has 0 N–H and O–H groups in total. The molecule has 0 aliphatic rings. The van der Waals surface area contributed by atoms with Gasteiger partial charge in [0.1, 0.15) is 0 Å². The summed E-state index contributed by atoms with van der Waals surface area (Å²) in [4.78, 5) is 4.07. The van der Waals surface area contributed by atoms with Crippen molar-refractivity contribution in [1.29, 1.82) is 0 Å². The Labute approximate surface area is 109 Å². The van der Waals surface area contributed by atoms with Crippen molar-refractivity contribution in [1.82, 2.24) is 4.98 Å². The van der Waals surface area contributed by atoms with Gasteiger partial charge in [0.2, 0.25) is 5.88 Å². The van der Waals surface area contributed by atoms with Gasteiger partial charge in [-0.2, -0.15) is 13.2 Å². The molecule has 1 heterocycles. The Morgan fingerprint density at radius 3 is 2.28 bits per heavy atom. The van der Waals surface area contributed by atoms with E-state index in [1.165, 1.54) is 6.07 Å². The van der Waals surface area contributed by atoms with Crippen LogP contribution in [0.25, 0.3) is 0 Å². The predicted molar refractivity (Wildman–Crippen MR) is 64.0 cm³/mol. The lowest BCUT2D eigenvalue weighted by Crippen LogP contribution is -2.21. The van der Waals surface area contributed by atoms with Gasteiger partial charge in [-0.15, -0.1) is 11.6 Å². The fraction of sp³-hybridized carbons (Fsp3) is 0.583. The van der Waals surface area contributed by atoms with E-state index in [4.69, 9.17) is 11.6 Å². The maximum Gasteiger partial charge on any atom is 0.422 e. The zero-order chi connectivity index (χ0) is 14.0. The predicted octanol–water partition coefficient (Wildman–Crippen LogP) is 4.06. The fourth-order valence-electron chi connectivity index (χ4n) is 1.25. The number of rotatable bonds is 3. The van der Waals surface area contributed by atoms with E-state index in [9.17, 15) is 13.2 Å². The molecule has 0 saturated carbocycles. The minimum Gasteiger partial charge on any atom is -0.468 e. The summed E-state index contributed by atoms with van der Waals surface area (Å²) in [5.74, 6) is 0.156. The second-order valence-corrected chi connectivity index (χ2v) is 5.25. The van der Waals surface area contributed by atoms with Gasteiger partial charge in [0.15, 0.2) is 6.61 Å². The number of pyridine rings is 1. The van der Waals surface area contributed by atoms with Crippen LogP contribution in [0, 0.1) is 0 Å². The molecule has 0 saturated heterocycles. The number of hydrogen-bond acceptors (Lipinski definition) is 2. The van der Waals surface area contributed by atoms with Crippen LogP contribution in [-0.2, 0) is 11.3 Å². The van der Waals surface area contributed by atoms with E-state index < -0.39 is 12.8 Å². The maximum absolute atomic E-state index is 12.1. The molecule has 0 amide bonds. The second-order valence-electron chi connectivity index (χ2n) is 4.99. The van der Waals surface area contributed by atoms with Gasteiger partial charge in [-0.25, -0.2) is 4.98 Å². The average molecular weight is 282 g/mol. The molecule has 2 nitrogen and oxygen atoms in total. The van der Waals surface area contributed by atoms with Crippen molar-refractivity contribution < 1.29 is 17.9 Å². The van der Waals surface area contributed by atoms with Gasteiger partial charge in [0.25, 0.3) is 0 Å². The minimum absolute atomic E-state index is 0.0459. The highest BCUT2D eigenvalue weighted by atomic mass is 35.5. The Hall–Kier alpha value is -0.970. The van der Waals surface area contributed by atoms with E-state index in [1.54, 1.807) is 6.07 Å². The topological polar surface area (TPSA) is 22.1 Å². The van der Waals surface area contributed by atoms with Crippen LogP contribution in [0.2, 0.25) is 0 Å². The second kappa shape index (κ2) is 5.34. The summed E-state index contributed by atoms with van der Waals surface area (Å²) in [7, 11) is 0. The van der Waals surface area contributed by atoms with Gasteiger partial charge < -0.3 is 4.74 Å². The number of aromatic nitrogens is 1. The van der Waals surface area contributed by atoms with Crippen molar-refractivity contribution in [2.45, 2.75) is 38.2 Å². The molecule has 0 radical (unpaired) electrons. The highest BCUT2D eigenvalue weighted by Gasteiger charge is 2.29. The average Bonchev–Trinajstić information content (AvgIpc) is 2.24. The molecule has 1 aromatic heterocycles. The van der Waals surface area contributed by atoms with Crippen LogP contribution in [0.3, 0.4) is 0 Å². The first-order chi connectivity index (χ1) is 8.12. The monoisotopic (exact) mass is 281 g/mol. The van der Waals surface area contributed by atoms with E-state index >= 15 is 0 Å². The number of halogens is 4. The number of nitrogens with zero attached hydrogens (tertiary/aromatic N) is 1. The van der Waals surface area contributed by atoms with Crippen LogP contribution in [0.15, 0.2) is 12.1 Å². The lowest BCUT2D eigenvalue weighted by atomic mass is 9.91. The quantitative estimate of drug-likeness (QED) is 0.780. The van der Waals surface area contributed by atoms with Crippen molar-refractivity contribution in [2.24, 2.45) is 0 Å². The first-order valence-electron chi connectivity index (χ1n) is 5.39. The first-order valence-corrected chi connectivity index (χ1v) is 5.92. The van der Waals surface area contributed by atoms with Crippen molar-refractivity contribution in [3.8, 4) is 5.88 Å². The van der Waals surface area contributed by atoms with Crippen LogP contribution in [0.1, 0.15) is 32.0 Å². The van der Waals surface area contributed by atoms with Crippen molar-refractivity contribution in [3.63, 3.8) is 0 Å². The minimum atomic E-state index is -4.37. The van der Waals surface area contributed by atoms with Crippen LogP contribution < -0.4 is 4.74 Å². The molecular formula is C12H15ClF3NO. The van der Waals surface area contributed by atoms with Gasteiger partial charge >= 0.3 is 6.18 Å². The standard InChI is InChI=1S/C12H15ClF3NO/c1-11(2,3)9-4-8(6-13)5-10(17-9)18-7-12(14,15)16/h4-5H,6-7H2,1-3H3. The SMILES string of the molecule is CC(C)(C)c1cc(CCl)cc(OCC(F)(F)F)n1. The molecular weight excluding hydrogens is 267 g/mol. The normalized spacial score (nSPS) is 12.6. The van der Waals surface area contributed by atoms with Gasteiger partial charge in [0.05, 0.1) is 5.69 Å². The maximum atomic E-state index is 12.1. The van der Waals surface area contributed by atoms with Gasteiger partial charge in [-0.05, 0) is 11.6 Å². The lowest BCUT2D eigenvalue weighted by Gasteiger charge is -2.19. The van der Waals surface area contributed by atoms with E-state index in [0.717, 1.165) is 0 Å². The molecule has 0 aliphatic heterocycles. The van der Waals surface area contributed by atoms with E-state index in [-0.39, 0.29) is 17.2 Å². The molecule has 1 rings (SSSR count). The first kappa shape index (κ1) is 15.1. The van der Waals surface area contributed by atoms with Crippen LogP contribution >= 0.6 is 11.6 Å². The Balaban J connectivity index is 2.98. The Morgan fingerprint density at radius 2 is 1.83 bits per heavy atom. The number of hydrogen-bond donors (Lipinski definition) is 0. The van der Waals surface area contributed by atoms with Crippen molar-refractivity contribution in [2.75, 3.05) is 6.61 Å². The number of alkyl halides is 4. The van der Waals surface area contributed by atoms with Crippen molar-refractivity contribution in [3.05, 3.63) is 23.4 Å². The molecule has 6 heteroatoms. The molecule has 18 heavy (non-hydrogen) atoms. The molecule has 0 fully saturated rings. The summed E-state index contributed by atoms with van der Waals surface area (Å²) in [6.07, 6.45) is -4.37. The molecule has 0 aliphatic carbocycles. The Bertz CT molecular complexity index is 413. The highest BCUT2D eigenvalue weighted by molar-refractivity contribution is 6.17. The molecule has 1 aromatic rings. The molecule has 0 bridgehead atoms.